The normalized spacial score (nSPS) is 12.0. The number of thiazole rings is 1. The maximum absolute atomic E-state index is 13.5. The Balaban J connectivity index is 1.33. The zero-order valence-corrected chi connectivity index (χ0v) is 23.4. The zero-order valence-electron chi connectivity index (χ0n) is 20.9. The summed E-state index contributed by atoms with van der Waals surface area (Å²) in [7, 11) is -3.69. The van der Waals surface area contributed by atoms with Crippen LogP contribution in [-0.4, -0.2) is 19.3 Å². The van der Waals surface area contributed by atoms with E-state index in [-0.39, 0.29) is 10.8 Å². The van der Waals surface area contributed by atoms with Gasteiger partial charge in [0.15, 0.2) is 5.13 Å². The van der Waals surface area contributed by atoms with E-state index in [2.05, 4.69) is 15.0 Å². The molecule has 0 saturated carbocycles. The first-order chi connectivity index (χ1) is 18.9. The third-order valence-corrected chi connectivity index (χ3v) is 9.38. The van der Waals surface area contributed by atoms with Gasteiger partial charge in [0, 0.05) is 21.0 Å². The number of hydrogen-bond donors (Lipinski definition) is 2. The van der Waals surface area contributed by atoms with Gasteiger partial charge in [-0.25, -0.2) is 13.4 Å². The molecule has 196 valence electrons. The number of carbonyl (C=O) groups excluding carboxylic acids is 1. The van der Waals surface area contributed by atoms with Crippen LogP contribution in [0.1, 0.15) is 15.7 Å². The lowest BCUT2D eigenvalue weighted by Crippen LogP contribution is -2.19. The summed E-state index contributed by atoms with van der Waals surface area (Å²) in [5, 5.41) is 3.01. The van der Waals surface area contributed by atoms with Crippen molar-refractivity contribution >= 4 is 49.8 Å². The number of aryl methyl sites for hydroxylation is 1. The second-order valence-corrected chi connectivity index (χ2v) is 12.7. The first kappa shape index (κ1) is 26.7. The molecule has 0 aliphatic rings. The highest BCUT2D eigenvalue weighted by atomic mass is 32.2. The number of thioether (sulfide) groups is 1. The second-order valence-electron chi connectivity index (χ2n) is 8.63. The molecule has 1 atom stereocenters. The predicted molar refractivity (Wildman–Crippen MR) is 160 cm³/mol. The van der Waals surface area contributed by atoms with E-state index in [4.69, 9.17) is 0 Å². The summed E-state index contributed by atoms with van der Waals surface area (Å²) in [6.45, 7) is 1.99. The molecule has 5 aromatic rings. The Hall–Kier alpha value is -3.92. The molecular formula is C30H25N3O3S3. The van der Waals surface area contributed by atoms with Crippen LogP contribution in [0.25, 0.3) is 11.3 Å². The van der Waals surface area contributed by atoms with Crippen molar-refractivity contribution in [2.24, 2.45) is 0 Å². The Morgan fingerprint density at radius 3 is 2.05 bits per heavy atom. The average molecular weight is 572 g/mol. The Bertz CT molecular complexity index is 1660. The number of amides is 1. The van der Waals surface area contributed by atoms with Gasteiger partial charge in [0.1, 0.15) is 5.25 Å². The van der Waals surface area contributed by atoms with Crippen molar-refractivity contribution in [2.75, 3.05) is 10.0 Å². The lowest BCUT2D eigenvalue weighted by atomic mass is 10.1. The quantitative estimate of drug-likeness (QED) is 0.180. The molecule has 1 heterocycles. The van der Waals surface area contributed by atoms with Gasteiger partial charge in [0.25, 0.3) is 10.0 Å². The van der Waals surface area contributed by atoms with Gasteiger partial charge in [0.2, 0.25) is 5.91 Å². The Kier molecular flexibility index (Phi) is 8.11. The maximum atomic E-state index is 13.5. The molecule has 0 aliphatic heterocycles. The van der Waals surface area contributed by atoms with E-state index in [0.29, 0.717) is 10.8 Å². The van der Waals surface area contributed by atoms with Crippen molar-refractivity contribution < 1.29 is 13.2 Å². The monoisotopic (exact) mass is 571 g/mol. The lowest BCUT2D eigenvalue weighted by Gasteiger charge is -2.16. The molecule has 1 amide bonds. The third kappa shape index (κ3) is 6.57. The highest BCUT2D eigenvalue weighted by Crippen LogP contribution is 2.38. The number of benzene rings is 4. The van der Waals surface area contributed by atoms with Crippen molar-refractivity contribution in [2.45, 2.75) is 22.0 Å². The number of aromatic nitrogens is 1. The largest absolute Gasteiger partial charge is 0.301 e. The fraction of sp³-hybridized carbons (Fsp3) is 0.0667. The topological polar surface area (TPSA) is 88.2 Å². The highest BCUT2D eigenvalue weighted by Gasteiger charge is 2.24. The van der Waals surface area contributed by atoms with Gasteiger partial charge in [-0.3, -0.25) is 9.52 Å². The molecule has 1 unspecified atom stereocenters. The highest BCUT2D eigenvalue weighted by molar-refractivity contribution is 8.00. The molecule has 0 aliphatic carbocycles. The first-order valence-electron chi connectivity index (χ1n) is 12.1. The van der Waals surface area contributed by atoms with E-state index in [1.165, 1.54) is 23.1 Å². The van der Waals surface area contributed by atoms with Crippen molar-refractivity contribution in [1.82, 2.24) is 4.98 Å². The molecule has 2 N–H and O–H groups in total. The van der Waals surface area contributed by atoms with Crippen LogP contribution in [0.15, 0.2) is 125 Å². The fourth-order valence-corrected chi connectivity index (χ4v) is 6.88. The minimum atomic E-state index is -3.69. The molecule has 0 spiro atoms. The summed E-state index contributed by atoms with van der Waals surface area (Å²) in [5.74, 6) is -0.187. The van der Waals surface area contributed by atoms with Gasteiger partial charge in [-0.2, -0.15) is 0 Å². The smallest absolute Gasteiger partial charge is 0.261 e. The van der Waals surface area contributed by atoms with Crippen molar-refractivity contribution in [3.8, 4) is 11.3 Å². The number of sulfonamides is 1. The maximum Gasteiger partial charge on any atom is 0.261 e. The van der Waals surface area contributed by atoms with Crippen LogP contribution in [0.3, 0.4) is 0 Å². The van der Waals surface area contributed by atoms with Crippen molar-refractivity contribution in [3.63, 3.8) is 0 Å². The lowest BCUT2D eigenvalue weighted by molar-refractivity contribution is -0.115. The minimum absolute atomic E-state index is 0.187. The Morgan fingerprint density at radius 2 is 1.41 bits per heavy atom. The molecule has 0 saturated heterocycles. The standard InChI is InChI=1S/C30H25N3O3S3/c1-21-27(22-11-5-2-6-12-22)31-30(37-21)32-29(34)28(23-13-7-3-8-14-23)38-25-19-17-24(18-20-25)33-39(35,36)26-15-9-4-10-16-26/h2-20,28,33H,1H3,(H,31,32,34). The van der Waals surface area contributed by atoms with Crippen LogP contribution in [0.5, 0.6) is 0 Å². The van der Waals surface area contributed by atoms with Crippen LogP contribution >= 0.6 is 23.1 Å². The predicted octanol–water partition coefficient (Wildman–Crippen LogP) is 7.39. The number of hydrogen-bond acceptors (Lipinski definition) is 6. The number of rotatable bonds is 9. The Labute approximate surface area is 236 Å². The summed E-state index contributed by atoms with van der Waals surface area (Å²) < 4.78 is 27.9. The number of nitrogens with one attached hydrogen (secondary N) is 2. The van der Waals surface area contributed by atoms with E-state index in [9.17, 15) is 13.2 Å². The van der Waals surface area contributed by atoms with Gasteiger partial charge in [-0.15, -0.1) is 23.1 Å². The van der Waals surface area contributed by atoms with Crippen LogP contribution < -0.4 is 10.0 Å². The third-order valence-electron chi connectivity index (χ3n) is 5.83. The summed E-state index contributed by atoms with van der Waals surface area (Å²) >= 11 is 2.83. The van der Waals surface area contributed by atoms with E-state index >= 15 is 0 Å². The van der Waals surface area contributed by atoms with Crippen LogP contribution in [-0.2, 0) is 14.8 Å². The van der Waals surface area contributed by atoms with Gasteiger partial charge in [0.05, 0.1) is 10.6 Å². The molecule has 5 rings (SSSR count). The number of nitrogens with zero attached hydrogens (tertiary/aromatic N) is 1. The molecule has 1 aromatic heterocycles. The Morgan fingerprint density at radius 1 is 0.821 bits per heavy atom. The second kappa shape index (κ2) is 11.9. The van der Waals surface area contributed by atoms with Crippen molar-refractivity contribution in [1.29, 1.82) is 0 Å². The number of carbonyl (C=O) groups is 1. The van der Waals surface area contributed by atoms with Gasteiger partial charge in [-0.05, 0) is 48.9 Å². The van der Waals surface area contributed by atoms with Gasteiger partial charge in [-0.1, -0.05) is 78.9 Å². The molecule has 0 fully saturated rings. The van der Waals surface area contributed by atoms with E-state index in [1.54, 1.807) is 54.6 Å². The molecule has 39 heavy (non-hydrogen) atoms. The number of anilines is 2. The molecule has 9 heteroatoms. The molecule has 6 nitrogen and oxygen atoms in total. The molecular weight excluding hydrogens is 547 g/mol. The minimum Gasteiger partial charge on any atom is -0.301 e. The molecule has 4 aromatic carbocycles. The summed E-state index contributed by atoms with van der Waals surface area (Å²) in [6, 6.07) is 34.6. The van der Waals surface area contributed by atoms with Gasteiger partial charge < -0.3 is 5.32 Å². The summed E-state index contributed by atoms with van der Waals surface area (Å²) in [5.41, 5.74) is 3.15. The van der Waals surface area contributed by atoms with E-state index in [0.717, 1.165) is 26.6 Å². The zero-order chi connectivity index (χ0) is 27.2. The van der Waals surface area contributed by atoms with E-state index < -0.39 is 15.3 Å². The first-order valence-corrected chi connectivity index (χ1v) is 15.3. The molecule has 0 bridgehead atoms. The van der Waals surface area contributed by atoms with Crippen molar-refractivity contribution in [3.05, 3.63) is 126 Å². The van der Waals surface area contributed by atoms with Crippen LogP contribution in [0, 0.1) is 6.92 Å². The average Bonchev–Trinajstić information content (AvgIpc) is 3.33. The SMILES string of the molecule is Cc1sc(NC(=O)C(Sc2ccc(NS(=O)(=O)c3ccccc3)cc2)c2ccccc2)nc1-c1ccccc1. The van der Waals surface area contributed by atoms with Crippen LogP contribution in [0.2, 0.25) is 0 Å². The van der Waals surface area contributed by atoms with Crippen LogP contribution in [0.4, 0.5) is 10.8 Å². The molecule has 0 radical (unpaired) electrons. The van der Waals surface area contributed by atoms with E-state index in [1.807, 2.05) is 67.6 Å². The van der Waals surface area contributed by atoms with Gasteiger partial charge >= 0.3 is 0 Å². The fourth-order valence-electron chi connectivity index (χ4n) is 3.94. The summed E-state index contributed by atoms with van der Waals surface area (Å²) in [4.78, 5) is 20.3. The summed E-state index contributed by atoms with van der Waals surface area (Å²) in [6.07, 6.45) is 0.